The first-order chi connectivity index (χ1) is 9.99. The molecule has 0 aliphatic heterocycles. The molecular weight excluding hydrogens is 286 g/mol. The summed E-state index contributed by atoms with van der Waals surface area (Å²) < 4.78 is 4.92. The minimum atomic E-state index is -0.466. The first-order valence-electron chi connectivity index (χ1n) is 7.45. The Hall–Kier alpha value is -1.30. The second-order valence-electron chi connectivity index (χ2n) is 5.83. The van der Waals surface area contributed by atoms with E-state index in [2.05, 4.69) is 23.8 Å². The van der Waals surface area contributed by atoms with Gasteiger partial charge in [-0.25, -0.2) is 14.8 Å². The van der Waals surface area contributed by atoms with Gasteiger partial charge in [0.1, 0.15) is 11.4 Å². The van der Waals surface area contributed by atoms with Crippen LogP contribution < -0.4 is 5.73 Å². The first-order valence-corrected chi connectivity index (χ1v) is 8.33. The van der Waals surface area contributed by atoms with E-state index in [1.54, 1.807) is 18.7 Å². The minimum absolute atomic E-state index is 0.197. The normalized spacial score (nSPS) is 25.6. The lowest BCUT2D eigenvalue weighted by atomic mass is 9.83. The molecule has 1 aromatic rings. The van der Waals surface area contributed by atoms with E-state index < -0.39 is 5.97 Å². The van der Waals surface area contributed by atoms with E-state index in [0.717, 1.165) is 11.8 Å². The Morgan fingerprint density at radius 1 is 1.38 bits per heavy atom. The molecule has 1 saturated carbocycles. The van der Waals surface area contributed by atoms with Crippen molar-refractivity contribution < 1.29 is 9.53 Å². The number of esters is 1. The SMILES string of the molecule is CCOC(=O)c1cnc(SC2CC(C)CC(C)C2)nc1N. The number of anilines is 1. The fourth-order valence-electron chi connectivity index (χ4n) is 2.92. The average Bonchev–Trinajstić information content (AvgIpc) is 2.37. The number of carbonyl (C=O) groups is 1. The Labute approximate surface area is 130 Å². The molecule has 2 N–H and O–H groups in total. The molecular formula is C15H23N3O2S. The zero-order valence-corrected chi connectivity index (χ0v) is 13.7. The van der Waals surface area contributed by atoms with E-state index in [9.17, 15) is 4.79 Å². The van der Waals surface area contributed by atoms with Crippen molar-refractivity contribution in [2.75, 3.05) is 12.3 Å². The standard InChI is InChI=1S/C15H23N3O2S/c1-4-20-14(19)12-8-17-15(18-13(12)16)21-11-6-9(2)5-10(3)7-11/h8-11H,4-7H2,1-3H3,(H2,16,17,18). The lowest BCUT2D eigenvalue weighted by Gasteiger charge is -2.30. The van der Waals surface area contributed by atoms with E-state index in [1.807, 2.05) is 0 Å². The van der Waals surface area contributed by atoms with Crippen molar-refractivity contribution in [1.29, 1.82) is 0 Å². The third kappa shape index (κ3) is 4.33. The lowest BCUT2D eigenvalue weighted by Crippen LogP contribution is -2.21. The van der Waals surface area contributed by atoms with Gasteiger partial charge in [-0.15, -0.1) is 0 Å². The molecule has 116 valence electrons. The van der Waals surface area contributed by atoms with Crippen molar-refractivity contribution in [3.8, 4) is 0 Å². The molecule has 1 heterocycles. The van der Waals surface area contributed by atoms with Crippen LogP contribution in [0.3, 0.4) is 0 Å². The van der Waals surface area contributed by atoms with Crippen LogP contribution in [0.25, 0.3) is 0 Å². The number of rotatable bonds is 4. The van der Waals surface area contributed by atoms with Crippen LogP contribution in [0.1, 0.15) is 50.4 Å². The maximum atomic E-state index is 11.7. The number of nitrogens with zero attached hydrogens (tertiary/aromatic N) is 2. The first kappa shape index (κ1) is 16.1. The summed E-state index contributed by atoms with van der Waals surface area (Å²) in [5.41, 5.74) is 6.09. The van der Waals surface area contributed by atoms with Gasteiger partial charge in [0.05, 0.1) is 6.61 Å². The Morgan fingerprint density at radius 3 is 2.62 bits per heavy atom. The maximum Gasteiger partial charge on any atom is 0.343 e. The molecule has 0 saturated heterocycles. The molecule has 2 atom stereocenters. The van der Waals surface area contributed by atoms with Crippen molar-refractivity contribution in [2.45, 2.75) is 50.4 Å². The van der Waals surface area contributed by atoms with Crippen LogP contribution in [0, 0.1) is 11.8 Å². The van der Waals surface area contributed by atoms with Crippen molar-refractivity contribution >= 4 is 23.5 Å². The molecule has 1 aliphatic carbocycles. The van der Waals surface area contributed by atoms with Crippen molar-refractivity contribution in [1.82, 2.24) is 9.97 Å². The number of nitrogens with two attached hydrogens (primary N) is 1. The Balaban J connectivity index is 2.04. The van der Waals surface area contributed by atoms with Gasteiger partial charge in [0.25, 0.3) is 0 Å². The van der Waals surface area contributed by atoms with Gasteiger partial charge >= 0.3 is 5.97 Å². The number of nitrogen functional groups attached to an aromatic ring is 1. The highest BCUT2D eigenvalue weighted by Gasteiger charge is 2.25. The Kier molecular flexibility index (Phi) is 5.45. The molecule has 0 radical (unpaired) electrons. The van der Waals surface area contributed by atoms with Crippen LogP contribution >= 0.6 is 11.8 Å². The molecule has 2 rings (SSSR count). The predicted molar refractivity (Wildman–Crippen MR) is 84.2 cm³/mol. The number of hydrogen-bond donors (Lipinski definition) is 1. The molecule has 6 heteroatoms. The molecule has 1 fully saturated rings. The summed E-state index contributed by atoms with van der Waals surface area (Å²) in [7, 11) is 0. The van der Waals surface area contributed by atoms with Crippen molar-refractivity contribution in [2.24, 2.45) is 11.8 Å². The minimum Gasteiger partial charge on any atom is -0.462 e. The molecule has 0 bridgehead atoms. The van der Waals surface area contributed by atoms with Crippen LogP contribution in [-0.4, -0.2) is 27.8 Å². The Morgan fingerprint density at radius 2 is 2.05 bits per heavy atom. The van der Waals surface area contributed by atoms with Gasteiger partial charge in [-0.3, -0.25) is 0 Å². The van der Waals surface area contributed by atoms with Crippen molar-refractivity contribution in [3.05, 3.63) is 11.8 Å². The van der Waals surface area contributed by atoms with Gasteiger partial charge in [0, 0.05) is 11.4 Å². The molecule has 0 amide bonds. The van der Waals surface area contributed by atoms with Crippen LogP contribution in [-0.2, 0) is 4.74 Å². The summed E-state index contributed by atoms with van der Waals surface area (Å²) in [6.45, 7) is 6.65. The number of aromatic nitrogens is 2. The molecule has 2 unspecified atom stereocenters. The number of hydrogen-bond acceptors (Lipinski definition) is 6. The molecule has 5 nitrogen and oxygen atoms in total. The number of carbonyl (C=O) groups excluding carboxylic acids is 1. The molecule has 1 aliphatic rings. The fourth-order valence-corrected chi connectivity index (χ4v) is 4.33. The van der Waals surface area contributed by atoms with Gasteiger partial charge in [-0.2, -0.15) is 0 Å². The molecule has 0 aromatic carbocycles. The van der Waals surface area contributed by atoms with Crippen LogP contribution in [0.4, 0.5) is 5.82 Å². The quantitative estimate of drug-likeness (QED) is 0.680. The summed E-state index contributed by atoms with van der Waals surface area (Å²) in [5.74, 6) is 1.21. The fraction of sp³-hybridized carbons (Fsp3) is 0.667. The second-order valence-corrected chi connectivity index (χ2v) is 7.10. The van der Waals surface area contributed by atoms with Gasteiger partial charge < -0.3 is 10.5 Å². The summed E-state index contributed by atoms with van der Waals surface area (Å²) >= 11 is 1.67. The van der Waals surface area contributed by atoms with Gasteiger partial charge in [0.2, 0.25) is 0 Å². The monoisotopic (exact) mass is 309 g/mol. The number of thioether (sulfide) groups is 1. The molecule has 0 spiro atoms. The van der Waals surface area contributed by atoms with E-state index >= 15 is 0 Å². The highest BCUT2D eigenvalue weighted by atomic mass is 32.2. The predicted octanol–water partition coefficient (Wildman–Crippen LogP) is 3.15. The van der Waals surface area contributed by atoms with Gasteiger partial charge in [0.15, 0.2) is 5.16 Å². The zero-order chi connectivity index (χ0) is 15.4. The van der Waals surface area contributed by atoms with Crippen LogP contribution in [0.15, 0.2) is 11.4 Å². The molecule has 21 heavy (non-hydrogen) atoms. The van der Waals surface area contributed by atoms with Gasteiger partial charge in [-0.05, 0) is 38.0 Å². The third-order valence-electron chi connectivity index (χ3n) is 3.70. The summed E-state index contributed by atoms with van der Waals surface area (Å²) in [6.07, 6.45) is 5.12. The average molecular weight is 309 g/mol. The van der Waals surface area contributed by atoms with E-state index in [1.165, 1.54) is 25.5 Å². The smallest absolute Gasteiger partial charge is 0.343 e. The third-order valence-corrected chi connectivity index (χ3v) is 4.82. The topological polar surface area (TPSA) is 78.1 Å². The molecule has 1 aromatic heterocycles. The maximum absolute atomic E-state index is 11.7. The van der Waals surface area contributed by atoms with Crippen LogP contribution in [0.2, 0.25) is 0 Å². The largest absolute Gasteiger partial charge is 0.462 e. The summed E-state index contributed by atoms with van der Waals surface area (Å²) in [6, 6.07) is 0. The van der Waals surface area contributed by atoms with Gasteiger partial charge in [-0.1, -0.05) is 25.6 Å². The summed E-state index contributed by atoms with van der Waals surface area (Å²) in [4.78, 5) is 20.2. The second kappa shape index (κ2) is 7.11. The van der Waals surface area contributed by atoms with E-state index in [4.69, 9.17) is 10.5 Å². The van der Waals surface area contributed by atoms with E-state index in [-0.39, 0.29) is 11.4 Å². The van der Waals surface area contributed by atoms with Crippen molar-refractivity contribution in [3.63, 3.8) is 0 Å². The zero-order valence-electron chi connectivity index (χ0n) is 12.8. The highest BCUT2D eigenvalue weighted by Crippen LogP contribution is 2.37. The number of ether oxygens (including phenoxy) is 1. The highest BCUT2D eigenvalue weighted by molar-refractivity contribution is 7.99. The van der Waals surface area contributed by atoms with E-state index in [0.29, 0.717) is 17.0 Å². The Bertz CT molecular complexity index is 500. The summed E-state index contributed by atoms with van der Waals surface area (Å²) in [5, 5.41) is 1.17. The van der Waals surface area contributed by atoms with Crippen LogP contribution in [0.5, 0.6) is 0 Å². The lowest BCUT2D eigenvalue weighted by molar-refractivity contribution is 0.0526.